The zero-order valence-corrected chi connectivity index (χ0v) is 18.8. The van der Waals surface area contributed by atoms with Gasteiger partial charge in [-0.1, -0.05) is 6.07 Å². The van der Waals surface area contributed by atoms with E-state index in [-0.39, 0.29) is 35.9 Å². The number of nitrogens with one attached hydrogen (secondary N) is 1. The van der Waals surface area contributed by atoms with Gasteiger partial charge in [0.2, 0.25) is 0 Å². The highest BCUT2D eigenvalue weighted by atomic mass is 16.5. The van der Waals surface area contributed by atoms with Crippen LogP contribution in [0.15, 0.2) is 35.9 Å². The summed E-state index contributed by atoms with van der Waals surface area (Å²) in [5, 5.41) is 41.5. The molecule has 0 radical (unpaired) electrons. The third kappa shape index (κ3) is 5.60. The molecule has 0 unspecified atom stereocenters. The number of hydrogen-bond donors (Lipinski definition) is 3. The largest absolute Gasteiger partial charge is 0.506 e. The number of aromatic hydroxyl groups is 1. The zero-order chi connectivity index (χ0) is 24.7. The van der Waals surface area contributed by atoms with E-state index >= 15 is 0 Å². The third-order valence-corrected chi connectivity index (χ3v) is 4.98. The monoisotopic (exact) mass is 448 g/mol. The lowest BCUT2D eigenvalue weighted by atomic mass is 10.0. The van der Waals surface area contributed by atoms with Crippen molar-refractivity contribution < 1.29 is 24.5 Å². The summed E-state index contributed by atoms with van der Waals surface area (Å²) >= 11 is 0. The highest BCUT2D eigenvalue weighted by Crippen LogP contribution is 2.27. The number of carbonyl (C=O) groups is 2. The summed E-state index contributed by atoms with van der Waals surface area (Å²) in [7, 11) is 2.98. The minimum Gasteiger partial charge on any atom is -0.506 e. The van der Waals surface area contributed by atoms with Crippen molar-refractivity contribution in [3.63, 3.8) is 0 Å². The Hall–Kier alpha value is -4.50. The number of aliphatic hydroxyl groups excluding tert-OH is 1. The number of carbonyl (C=O) groups excluding carboxylic acids is 2. The normalized spacial score (nSPS) is 11.0. The number of hydrogen-bond acceptors (Lipinski definition) is 7. The SMILES string of the molecule is CNC(=O)c1cc(OCCN(C)C(=O)/C(C#N)=C(\O)c2cc(C)c(O)c(C#N)c2)ccc1C. The molecule has 170 valence electrons. The number of likely N-dealkylation sites (N-methyl/N-ethyl adjacent to an activating group) is 1. The molecule has 2 aromatic rings. The summed E-state index contributed by atoms with van der Waals surface area (Å²) in [5.74, 6) is -1.36. The summed E-state index contributed by atoms with van der Waals surface area (Å²) in [5.41, 5.74) is 1.05. The fourth-order valence-electron chi connectivity index (χ4n) is 3.01. The van der Waals surface area contributed by atoms with E-state index in [9.17, 15) is 25.1 Å². The van der Waals surface area contributed by atoms with Gasteiger partial charge in [-0.05, 0) is 49.2 Å². The Morgan fingerprint density at radius 3 is 2.45 bits per heavy atom. The van der Waals surface area contributed by atoms with Gasteiger partial charge in [-0.15, -0.1) is 0 Å². The minimum absolute atomic E-state index is 0.0674. The zero-order valence-electron chi connectivity index (χ0n) is 18.8. The van der Waals surface area contributed by atoms with Crippen LogP contribution in [0.5, 0.6) is 11.5 Å². The molecule has 3 N–H and O–H groups in total. The molecule has 0 heterocycles. The lowest BCUT2D eigenvalue weighted by molar-refractivity contribution is -0.125. The predicted octanol–water partition coefficient (Wildman–Crippen LogP) is 2.57. The van der Waals surface area contributed by atoms with E-state index in [0.717, 1.165) is 5.56 Å². The molecule has 0 atom stereocenters. The van der Waals surface area contributed by atoms with E-state index < -0.39 is 17.2 Å². The number of aryl methyl sites for hydroxylation is 2. The maximum absolute atomic E-state index is 12.7. The van der Waals surface area contributed by atoms with E-state index in [1.807, 2.05) is 0 Å². The second-order valence-corrected chi connectivity index (χ2v) is 7.27. The number of aliphatic hydroxyl groups is 1. The Bertz CT molecular complexity index is 1200. The average molecular weight is 448 g/mol. The van der Waals surface area contributed by atoms with E-state index in [0.29, 0.717) is 16.9 Å². The van der Waals surface area contributed by atoms with Crippen molar-refractivity contribution >= 4 is 17.6 Å². The van der Waals surface area contributed by atoms with Crippen molar-refractivity contribution in [2.75, 3.05) is 27.2 Å². The van der Waals surface area contributed by atoms with Crippen LogP contribution in [0.1, 0.15) is 32.6 Å². The van der Waals surface area contributed by atoms with Gasteiger partial charge < -0.3 is 25.2 Å². The van der Waals surface area contributed by atoms with Crippen LogP contribution in [0.2, 0.25) is 0 Å². The molecule has 0 aromatic heterocycles. The van der Waals surface area contributed by atoms with Gasteiger partial charge >= 0.3 is 0 Å². The standard InChI is InChI=1S/C24H24N4O5/c1-14-5-6-18(11-19(14)23(31)27-3)33-8-7-28(4)24(32)20(13-26)22(30)16-9-15(2)21(29)17(10-16)12-25/h5-6,9-11,29-30H,7-8H2,1-4H3,(H,27,31)/b22-20-. The summed E-state index contributed by atoms with van der Waals surface area (Å²) < 4.78 is 5.64. The van der Waals surface area contributed by atoms with E-state index in [4.69, 9.17) is 10.00 Å². The molecule has 0 fully saturated rings. The number of nitriles is 2. The second-order valence-electron chi connectivity index (χ2n) is 7.27. The maximum atomic E-state index is 12.7. The molecule has 2 amide bonds. The number of phenolic OH excluding ortho intramolecular Hbond substituents is 1. The number of rotatable bonds is 7. The minimum atomic E-state index is -0.738. The lowest BCUT2D eigenvalue weighted by Crippen LogP contribution is -2.32. The molecule has 2 rings (SSSR count). The Morgan fingerprint density at radius 2 is 1.85 bits per heavy atom. The van der Waals surface area contributed by atoms with Gasteiger partial charge in [0.25, 0.3) is 11.8 Å². The van der Waals surface area contributed by atoms with Crippen LogP contribution >= 0.6 is 0 Å². The predicted molar refractivity (Wildman–Crippen MR) is 120 cm³/mol. The molecule has 0 spiro atoms. The first-order valence-electron chi connectivity index (χ1n) is 9.93. The van der Waals surface area contributed by atoms with Gasteiger partial charge in [0.15, 0.2) is 5.57 Å². The first-order valence-corrected chi connectivity index (χ1v) is 9.93. The molecule has 0 bridgehead atoms. The summed E-state index contributed by atoms with van der Waals surface area (Å²) in [6.45, 7) is 3.51. The second kappa shape index (κ2) is 10.7. The van der Waals surface area contributed by atoms with Gasteiger partial charge in [0.05, 0.1) is 12.1 Å². The van der Waals surface area contributed by atoms with Crippen LogP contribution in [0.4, 0.5) is 0 Å². The smallest absolute Gasteiger partial charge is 0.268 e. The molecule has 9 nitrogen and oxygen atoms in total. The summed E-state index contributed by atoms with van der Waals surface area (Å²) in [6, 6.07) is 11.1. The van der Waals surface area contributed by atoms with Crippen LogP contribution in [0.3, 0.4) is 0 Å². The Kier molecular flexibility index (Phi) is 8.02. The van der Waals surface area contributed by atoms with Crippen LogP contribution in [0.25, 0.3) is 5.76 Å². The van der Waals surface area contributed by atoms with Crippen molar-refractivity contribution in [3.8, 4) is 23.6 Å². The maximum Gasteiger partial charge on any atom is 0.268 e. The van der Waals surface area contributed by atoms with Crippen molar-refractivity contribution in [1.82, 2.24) is 10.2 Å². The molecule has 9 heteroatoms. The number of amides is 2. The van der Waals surface area contributed by atoms with Crippen LogP contribution in [-0.4, -0.2) is 54.2 Å². The van der Waals surface area contributed by atoms with Crippen LogP contribution in [0, 0.1) is 36.5 Å². The lowest BCUT2D eigenvalue weighted by Gasteiger charge is -2.18. The number of ether oxygens (including phenoxy) is 1. The van der Waals surface area contributed by atoms with Gasteiger partial charge in [0, 0.05) is 25.2 Å². The molecule has 0 aliphatic rings. The fourth-order valence-corrected chi connectivity index (χ4v) is 3.01. The number of benzene rings is 2. The molecular formula is C24H24N4O5. The third-order valence-electron chi connectivity index (χ3n) is 4.98. The Labute approximate surface area is 191 Å². The van der Waals surface area contributed by atoms with Crippen molar-refractivity contribution in [2.45, 2.75) is 13.8 Å². The van der Waals surface area contributed by atoms with Crippen molar-refractivity contribution in [1.29, 1.82) is 10.5 Å². The topological polar surface area (TPSA) is 147 Å². The van der Waals surface area contributed by atoms with E-state index in [1.54, 1.807) is 37.3 Å². The molecule has 0 aliphatic heterocycles. The number of nitrogens with zero attached hydrogens (tertiary/aromatic N) is 3. The summed E-state index contributed by atoms with van der Waals surface area (Å²) in [4.78, 5) is 25.9. The quantitative estimate of drug-likeness (QED) is 0.335. The van der Waals surface area contributed by atoms with E-state index in [2.05, 4.69) is 5.32 Å². The first-order chi connectivity index (χ1) is 15.6. The van der Waals surface area contributed by atoms with Crippen LogP contribution in [-0.2, 0) is 4.79 Å². The first kappa shape index (κ1) is 24.8. The highest BCUT2D eigenvalue weighted by Gasteiger charge is 2.22. The van der Waals surface area contributed by atoms with Crippen LogP contribution < -0.4 is 10.1 Å². The van der Waals surface area contributed by atoms with Crippen molar-refractivity contribution in [2.24, 2.45) is 0 Å². The molecule has 33 heavy (non-hydrogen) atoms. The molecule has 0 saturated carbocycles. The van der Waals surface area contributed by atoms with E-state index in [1.165, 1.54) is 38.1 Å². The molecule has 0 saturated heterocycles. The molecule has 2 aromatic carbocycles. The summed E-state index contributed by atoms with van der Waals surface area (Å²) in [6.07, 6.45) is 0. The number of phenols is 1. The molecular weight excluding hydrogens is 424 g/mol. The Balaban J connectivity index is 2.15. The fraction of sp³-hybridized carbons (Fsp3) is 0.250. The van der Waals surface area contributed by atoms with Gasteiger partial charge in [0.1, 0.15) is 36.0 Å². The Morgan fingerprint density at radius 1 is 1.15 bits per heavy atom. The molecule has 0 aliphatic carbocycles. The van der Waals surface area contributed by atoms with Gasteiger partial charge in [-0.3, -0.25) is 9.59 Å². The van der Waals surface area contributed by atoms with Crippen molar-refractivity contribution in [3.05, 3.63) is 63.7 Å². The highest BCUT2D eigenvalue weighted by molar-refractivity contribution is 6.03. The average Bonchev–Trinajstić information content (AvgIpc) is 2.81. The van der Waals surface area contributed by atoms with Gasteiger partial charge in [-0.25, -0.2) is 0 Å². The van der Waals surface area contributed by atoms with Gasteiger partial charge in [-0.2, -0.15) is 10.5 Å².